The van der Waals surface area contributed by atoms with E-state index in [4.69, 9.17) is 4.74 Å². The quantitative estimate of drug-likeness (QED) is 0.828. The Balaban J connectivity index is 2.04. The molecule has 1 N–H and O–H groups in total. The van der Waals surface area contributed by atoms with Crippen LogP contribution >= 0.6 is 0 Å². The molecule has 20 heavy (non-hydrogen) atoms. The predicted octanol–water partition coefficient (Wildman–Crippen LogP) is 1.88. The molecule has 2 heterocycles. The number of hydrogen-bond donors (Lipinski definition) is 1. The Morgan fingerprint density at radius 1 is 1.50 bits per heavy atom. The van der Waals surface area contributed by atoms with Gasteiger partial charge >= 0.3 is 0 Å². The molecular formula is C15H28N4O. The van der Waals surface area contributed by atoms with Crippen molar-refractivity contribution in [3.8, 4) is 0 Å². The number of hydrogen-bond acceptors (Lipinski definition) is 4. The molecule has 3 unspecified atom stereocenters. The number of ether oxygens (including phenoxy) is 1. The summed E-state index contributed by atoms with van der Waals surface area (Å²) in [7, 11) is 2.04. The molecule has 1 saturated heterocycles. The highest BCUT2D eigenvalue weighted by Crippen LogP contribution is 2.27. The molecule has 1 fully saturated rings. The summed E-state index contributed by atoms with van der Waals surface area (Å²) in [6.45, 7) is 8.44. The van der Waals surface area contributed by atoms with Gasteiger partial charge in [-0.3, -0.25) is 0 Å². The highest BCUT2D eigenvalue weighted by Gasteiger charge is 2.33. The highest BCUT2D eigenvalue weighted by atomic mass is 16.5. The van der Waals surface area contributed by atoms with E-state index in [0.29, 0.717) is 24.0 Å². The van der Waals surface area contributed by atoms with Gasteiger partial charge in [0.05, 0.1) is 6.10 Å². The number of nitrogens with zero attached hydrogens (tertiary/aromatic N) is 3. The molecule has 2 rings (SSSR count). The maximum absolute atomic E-state index is 5.83. The summed E-state index contributed by atoms with van der Waals surface area (Å²) in [6, 6.07) is 0.414. The van der Waals surface area contributed by atoms with E-state index in [-0.39, 0.29) is 0 Å². The minimum Gasteiger partial charge on any atom is -0.378 e. The van der Waals surface area contributed by atoms with Gasteiger partial charge in [0.15, 0.2) is 0 Å². The minimum absolute atomic E-state index is 0.383. The largest absolute Gasteiger partial charge is 0.378 e. The summed E-state index contributed by atoms with van der Waals surface area (Å²) in [6.07, 6.45) is 5.21. The van der Waals surface area contributed by atoms with Crippen LogP contribution in [0.1, 0.15) is 39.4 Å². The van der Waals surface area contributed by atoms with Crippen LogP contribution in [-0.4, -0.2) is 40.6 Å². The Bertz CT molecular complexity index is 404. The topological polar surface area (TPSA) is 52.0 Å². The first kappa shape index (κ1) is 15.4. The zero-order valence-electron chi connectivity index (χ0n) is 13.2. The van der Waals surface area contributed by atoms with Crippen molar-refractivity contribution in [3.05, 3.63) is 12.2 Å². The van der Waals surface area contributed by atoms with E-state index in [0.717, 1.165) is 38.2 Å². The Hall–Kier alpha value is -0.940. The van der Waals surface area contributed by atoms with Gasteiger partial charge in [-0.05, 0) is 25.8 Å². The Kier molecular flexibility index (Phi) is 5.54. The van der Waals surface area contributed by atoms with E-state index in [9.17, 15) is 0 Å². The van der Waals surface area contributed by atoms with Gasteiger partial charge in [-0.15, -0.1) is 0 Å². The summed E-state index contributed by atoms with van der Waals surface area (Å²) in [5, 5.41) is 7.82. The fourth-order valence-electron chi connectivity index (χ4n) is 3.15. The lowest BCUT2D eigenvalue weighted by Gasteiger charge is -2.26. The van der Waals surface area contributed by atoms with E-state index in [1.807, 2.05) is 11.7 Å². The third-order valence-electron chi connectivity index (χ3n) is 4.19. The van der Waals surface area contributed by atoms with Crippen molar-refractivity contribution in [2.45, 2.75) is 58.7 Å². The molecule has 0 spiro atoms. The van der Waals surface area contributed by atoms with E-state index >= 15 is 0 Å². The molecular weight excluding hydrogens is 252 g/mol. The minimum atomic E-state index is 0.383. The Labute approximate surface area is 122 Å². The van der Waals surface area contributed by atoms with Crippen LogP contribution in [-0.2, 0) is 17.7 Å². The van der Waals surface area contributed by atoms with Gasteiger partial charge in [0.25, 0.3) is 0 Å². The van der Waals surface area contributed by atoms with E-state index in [1.165, 1.54) is 0 Å². The summed E-state index contributed by atoms with van der Waals surface area (Å²) >= 11 is 0. The lowest BCUT2D eigenvalue weighted by Crippen LogP contribution is -2.40. The second-order valence-corrected chi connectivity index (χ2v) is 6.12. The zero-order chi connectivity index (χ0) is 14.5. The van der Waals surface area contributed by atoms with Crippen molar-refractivity contribution < 1.29 is 4.74 Å². The molecule has 0 amide bonds. The van der Waals surface area contributed by atoms with Gasteiger partial charge in [-0.1, -0.05) is 20.8 Å². The van der Waals surface area contributed by atoms with Crippen LogP contribution in [0.4, 0.5) is 0 Å². The number of nitrogens with one attached hydrogen (secondary N) is 1. The normalized spacial score (nSPS) is 24.4. The number of aromatic nitrogens is 3. The molecule has 5 heteroatoms. The van der Waals surface area contributed by atoms with Crippen LogP contribution < -0.4 is 5.32 Å². The summed E-state index contributed by atoms with van der Waals surface area (Å²) in [5.74, 6) is 2.25. The molecule has 1 aromatic rings. The highest BCUT2D eigenvalue weighted by molar-refractivity contribution is 4.95. The first-order valence-corrected chi connectivity index (χ1v) is 7.81. The molecule has 1 aliphatic rings. The average Bonchev–Trinajstić information content (AvgIpc) is 3.04. The smallest absolute Gasteiger partial charge is 0.138 e. The van der Waals surface area contributed by atoms with E-state index in [1.54, 1.807) is 6.33 Å². The lowest BCUT2D eigenvalue weighted by molar-refractivity contribution is 0.0779. The van der Waals surface area contributed by atoms with E-state index in [2.05, 4.69) is 36.2 Å². The fraction of sp³-hybridized carbons (Fsp3) is 0.867. The van der Waals surface area contributed by atoms with Gasteiger partial charge < -0.3 is 10.1 Å². The SMILES string of the molecule is CCC1OCCC1C(Cc1ncnn1CC(C)C)NC. The maximum Gasteiger partial charge on any atom is 0.138 e. The fourth-order valence-corrected chi connectivity index (χ4v) is 3.15. The molecule has 0 saturated carbocycles. The predicted molar refractivity (Wildman–Crippen MR) is 79.5 cm³/mol. The summed E-state index contributed by atoms with van der Waals surface area (Å²) in [4.78, 5) is 4.45. The van der Waals surface area contributed by atoms with Crippen LogP contribution in [0.15, 0.2) is 6.33 Å². The molecule has 0 radical (unpaired) electrons. The van der Waals surface area contributed by atoms with Crippen LogP contribution in [0.5, 0.6) is 0 Å². The Morgan fingerprint density at radius 2 is 2.30 bits per heavy atom. The number of rotatable bonds is 7. The van der Waals surface area contributed by atoms with Crippen molar-refractivity contribution in [2.75, 3.05) is 13.7 Å². The molecule has 0 bridgehead atoms. The van der Waals surface area contributed by atoms with Gasteiger partial charge in [-0.2, -0.15) is 5.10 Å². The summed E-state index contributed by atoms with van der Waals surface area (Å²) < 4.78 is 7.88. The average molecular weight is 280 g/mol. The first-order valence-electron chi connectivity index (χ1n) is 7.81. The number of likely N-dealkylation sites (N-methyl/N-ethyl adjacent to an activating group) is 1. The van der Waals surface area contributed by atoms with Crippen molar-refractivity contribution in [1.82, 2.24) is 20.1 Å². The van der Waals surface area contributed by atoms with Crippen molar-refractivity contribution in [3.63, 3.8) is 0 Å². The Morgan fingerprint density at radius 3 is 2.95 bits per heavy atom. The standard InChI is InChI=1S/C15H28N4O/c1-5-14-12(6-7-20-14)13(16-4)8-15-17-10-18-19(15)9-11(2)3/h10-14,16H,5-9H2,1-4H3. The second kappa shape index (κ2) is 7.18. The van der Waals surface area contributed by atoms with Crippen LogP contribution in [0, 0.1) is 11.8 Å². The van der Waals surface area contributed by atoms with Gasteiger partial charge in [0.2, 0.25) is 0 Å². The van der Waals surface area contributed by atoms with Crippen LogP contribution in [0.2, 0.25) is 0 Å². The van der Waals surface area contributed by atoms with E-state index < -0.39 is 0 Å². The molecule has 114 valence electrons. The second-order valence-electron chi connectivity index (χ2n) is 6.12. The first-order chi connectivity index (χ1) is 9.65. The lowest BCUT2D eigenvalue weighted by atomic mass is 9.89. The molecule has 1 aliphatic heterocycles. The maximum atomic E-state index is 5.83. The van der Waals surface area contributed by atoms with Crippen LogP contribution in [0.3, 0.4) is 0 Å². The summed E-state index contributed by atoms with van der Waals surface area (Å²) in [5.41, 5.74) is 0. The van der Waals surface area contributed by atoms with Gasteiger partial charge in [-0.25, -0.2) is 9.67 Å². The van der Waals surface area contributed by atoms with Gasteiger partial charge in [0, 0.05) is 31.5 Å². The molecule has 3 atom stereocenters. The van der Waals surface area contributed by atoms with Crippen molar-refractivity contribution >= 4 is 0 Å². The van der Waals surface area contributed by atoms with Gasteiger partial charge in [0.1, 0.15) is 12.2 Å². The molecule has 1 aromatic heterocycles. The monoisotopic (exact) mass is 280 g/mol. The molecule has 5 nitrogen and oxygen atoms in total. The van der Waals surface area contributed by atoms with Crippen molar-refractivity contribution in [2.24, 2.45) is 11.8 Å². The third-order valence-corrected chi connectivity index (χ3v) is 4.19. The van der Waals surface area contributed by atoms with Crippen molar-refractivity contribution in [1.29, 1.82) is 0 Å². The third kappa shape index (κ3) is 3.58. The molecule has 0 aromatic carbocycles. The zero-order valence-corrected chi connectivity index (χ0v) is 13.2. The molecule has 0 aliphatic carbocycles. The van der Waals surface area contributed by atoms with Crippen LogP contribution in [0.25, 0.3) is 0 Å².